The summed E-state index contributed by atoms with van der Waals surface area (Å²) in [6.07, 6.45) is 0. The lowest BCUT2D eigenvalue weighted by molar-refractivity contribution is 0.564. The molecule has 0 saturated carbocycles. The van der Waals surface area contributed by atoms with Crippen molar-refractivity contribution >= 4 is 31.6 Å². The van der Waals surface area contributed by atoms with Gasteiger partial charge in [0.05, 0.1) is 0 Å². The zero-order valence-corrected chi connectivity index (χ0v) is 13.0. The average molecular weight is 380 g/mol. The molecule has 0 saturated heterocycles. The quantitative estimate of drug-likeness (QED) is 0.876. The van der Waals surface area contributed by atoms with Gasteiger partial charge in [0.2, 0.25) is 0 Å². The summed E-state index contributed by atoms with van der Waals surface area (Å²) in [5.41, 5.74) is -0.775. The van der Waals surface area contributed by atoms with Crippen LogP contribution in [0.3, 0.4) is 0 Å². The Balaban J connectivity index is 2.50. The van der Waals surface area contributed by atoms with Crippen LogP contribution in [0.15, 0.2) is 39.7 Å². The second kappa shape index (κ2) is 5.69. The van der Waals surface area contributed by atoms with E-state index in [2.05, 4.69) is 15.9 Å². The highest BCUT2D eigenvalue weighted by Gasteiger charge is 2.23. The lowest BCUT2D eigenvalue weighted by Gasteiger charge is -2.11. The molecule has 0 aromatic heterocycles. The van der Waals surface area contributed by atoms with Crippen molar-refractivity contribution in [2.45, 2.75) is 11.8 Å². The maximum atomic E-state index is 13.8. The molecule has 2 aromatic rings. The lowest BCUT2D eigenvalue weighted by atomic mass is 10.2. The molecular weight excluding hydrogens is 371 g/mol. The van der Waals surface area contributed by atoms with E-state index in [1.54, 1.807) is 4.72 Å². The number of benzene rings is 2. The van der Waals surface area contributed by atoms with Crippen LogP contribution in [0.25, 0.3) is 0 Å². The molecule has 2 aromatic carbocycles. The predicted molar refractivity (Wildman–Crippen MR) is 76.0 cm³/mol. The van der Waals surface area contributed by atoms with E-state index in [0.29, 0.717) is 4.47 Å². The minimum atomic E-state index is -4.45. The lowest BCUT2D eigenvalue weighted by Crippen LogP contribution is -2.17. The summed E-state index contributed by atoms with van der Waals surface area (Å²) in [4.78, 5) is -0.703. The zero-order valence-electron chi connectivity index (χ0n) is 10.6. The summed E-state index contributed by atoms with van der Waals surface area (Å²) in [6.45, 7) is 1.35. The minimum absolute atomic E-state index is 0.0605. The second-order valence-electron chi connectivity index (χ2n) is 4.23. The van der Waals surface area contributed by atoms with Crippen LogP contribution < -0.4 is 4.72 Å². The number of aryl methyl sites for hydroxylation is 1. The van der Waals surface area contributed by atoms with Crippen LogP contribution in [0.5, 0.6) is 0 Å². The summed E-state index contributed by atoms with van der Waals surface area (Å²) < 4.78 is 67.2. The monoisotopic (exact) mass is 379 g/mol. The molecular formula is C13H9BrF3NO2S. The summed E-state index contributed by atoms with van der Waals surface area (Å²) in [7, 11) is -4.45. The fraction of sp³-hybridized carbons (Fsp3) is 0.0769. The van der Waals surface area contributed by atoms with Gasteiger partial charge in [-0.2, -0.15) is 0 Å². The Kier molecular flexibility index (Phi) is 4.29. The van der Waals surface area contributed by atoms with Gasteiger partial charge in [0.15, 0.2) is 5.82 Å². The first-order chi connectivity index (χ1) is 9.72. The third-order valence-corrected chi connectivity index (χ3v) is 4.58. The van der Waals surface area contributed by atoms with Gasteiger partial charge in [-0.15, -0.1) is 0 Å². The van der Waals surface area contributed by atoms with Crippen molar-refractivity contribution in [1.82, 2.24) is 0 Å². The molecule has 3 nitrogen and oxygen atoms in total. The molecule has 0 aliphatic rings. The normalized spacial score (nSPS) is 11.5. The van der Waals surface area contributed by atoms with Crippen LogP contribution in [0.2, 0.25) is 0 Å². The molecule has 21 heavy (non-hydrogen) atoms. The Hall–Kier alpha value is -1.54. The van der Waals surface area contributed by atoms with E-state index in [4.69, 9.17) is 0 Å². The molecule has 0 amide bonds. The molecule has 0 radical (unpaired) electrons. The molecule has 112 valence electrons. The smallest absolute Gasteiger partial charge is 0.265 e. The van der Waals surface area contributed by atoms with E-state index in [1.165, 1.54) is 19.1 Å². The number of nitrogens with one attached hydrogen (secondary N) is 1. The number of halogens is 4. The molecule has 0 aliphatic heterocycles. The van der Waals surface area contributed by atoms with Crippen LogP contribution in [-0.2, 0) is 10.0 Å². The van der Waals surface area contributed by atoms with E-state index in [9.17, 15) is 21.6 Å². The van der Waals surface area contributed by atoms with E-state index >= 15 is 0 Å². The molecule has 0 fully saturated rings. The minimum Gasteiger partial charge on any atom is -0.274 e. The molecule has 0 unspecified atom stereocenters. The predicted octanol–water partition coefficient (Wildman–Crippen LogP) is 3.98. The van der Waals surface area contributed by atoms with Gasteiger partial charge in [-0.05, 0) is 36.8 Å². The zero-order chi connectivity index (χ0) is 15.8. The Bertz CT molecular complexity index is 809. The number of sulfonamides is 1. The van der Waals surface area contributed by atoms with Gasteiger partial charge in [-0.3, -0.25) is 4.72 Å². The van der Waals surface area contributed by atoms with Crippen molar-refractivity contribution in [3.8, 4) is 0 Å². The third kappa shape index (κ3) is 3.21. The molecule has 0 spiro atoms. The molecule has 0 heterocycles. The van der Waals surface area contributed by atoms with Gasteiger partial charge < -0.3 is 0 Å². The fourth-order valence-corrected chi connectivity index (χ4v) is 3.09. The molecule has 0 aliphatic carbocycles. The van der Waals surface area contributed by atoms with Crippen LogP contribution >= 0.6 is 15.9 Å². The Morgan fingerprint density at radius 2 is 1.71 bits per heavy atom. The summed E-state index contributed by atoms with van der Waals surface area (Å²) >= 11 is 2.99. The fourth-order valence-electron chi connectivity index (χ4n) is 1.63. The van der Waals surface area contributed by atoms with Crippen molar-refractivity contribution in [3.05, 3.63) is 57.8 Å². The van der Waals surface area contributed by atoms with Gasteiger partial charge in [0, 0.05) is 4.47 Å². The summed E-state index contributed by atoms with van der Waals surface area (Å²) in [5, 5.41) is 0. The number of hydrogen-bond acceptors (Lipinski definition) is 2. The van der Waals surface area contributed by atoms with Gasteiger partial charge in [-0.1, -0.05) is 22.0 Å². The SMILES string of the molecule is Cc1ccc(F)c(NS(=O)(=O)c2ccc(Br)cc2F)c1F. The third-order valence-electron chi connectivity index (χ3n) is 2.70. The Morgan fingerprint density at radius 3 is 2.33 bits per heavy atom. The Labute approximate surface area is 128 Å². The van der Waals surface area contributed by atoms with Crippen molar-refractivity contribution in [2.75, 3.05) is 4.72 Å². The first-order valence-corrected chi connectivity index (χ1v) is 7.92. The highest BCUT2D eigenvalue weighted by Crippen LogP contribution is 2.26. The van der Waals surface area contributed by atoms with Crippen molar-refractivity contribution in [2.24, 2.45) is 0 Å². The molecule has 2 rings (SSSR count). The maximum Gasteiger partial charge on any atom is 0.265 e. The van der Waals surface area contributed by atoms with Crippen LogP contribution in [0.1, 0.15) is 5.56 Å². The van der Waals surface area contributed by atoms with E-state index in [0.717, 1.165) is 18.2 Å². The second-order valence-corrected chi connectivity index (χ2v) is 6.80. The van der Waals surface area contributed by atoms with Crippen molar-refractivity contribution < 1.29 is 21.6 Å². The van der Waals surface area contributed by atoms with Crippen LogP contribution in [-0.4, -0.2) is 8.42 Å². The van der Waals surface area contributed by atoms with Gasteiger partial charge >= 0.3 is 0 Å². The van der Waals surface area contributed by atoms with E-state index in [-0.39, 0.29) is 5.56 Å². The molecule has 0 bridgehead atoms. The van der Waals surface area contributed by atoms with E-state index < -0.39 is 38.1 Å². The largest absolute Gasteiger partial charge is 0.274 e. The van der Waals surface area contributed by atoms with E-state index in [1.807, 2.05) is 0 Å². The highest BCUT2D eigenvalue weighted by atomic mass is 79.9. The summed E-state index contributed by atoms with van der Waals surface area (Å²) in [5.74, 6) is -3.17. The van der Waals surface area contributed by atoms with Crippen LogP contribution in [0.4, 0.5) is 18.9 Å². The average Bonchev–Trinajstić information content (AvgIpc) is 2.39. The van der Waals surface area contributed by atoms with Crippen molar-refractivity contribution in [1.29, 1.82) is 0 Å². The number of hydrogen-bond donors (Lipinski definition) is 1. The number of rotatable bonds is 3. The maximum absolute atomic E-state index is 13.8. The van der Waals surface area contributed by atoms with Gasteiger partial charge in [0.25, 0.3) is 10.0 Å². The Morgan fingerprint density at radius 1 is 1.05 bits per heavy atom. The van der Waals surface area contributed by atoms with Crippen molar-refractivity contribution in [3.63, 3.8) is 0 Å². The van der Waals surface area contributed by atoms with Crippen LogP contribution in [0, 0.1) is 24.4 Å². The molecule has 1 N–H and O–H groups in total. The standard InChI is InChI=1S/C13H9BrF3NO2S/c1-7-2-4-9(15)13(12(7)17)18-21(19,20)11-5-3-8(14)6-10(11)16/h2-6,18H,1H3. The first kappa shape index (κ1) is 15.8. The van der Waals surface area contributed by atoms with Gasteiger partial charge in [0.1, 0.15) is 22.2 Å². The first-order valence-electron chi connectivity index (χ1n) is 5.65. The van der Waals surface area contributed by atoms with Gasteiger partial charge in [-0.25, -0.2) is 21.6 Å². The number of anilines is 1. The topological polar surface area (TPSA) is 46.2 Å². The molecule has 0 atom stereocenters. The molecule has 8 heteroatoms. The summed E-state index contributed by atoms with van der Waals surface area (Å²) in [6, 6.07) is 5.34. The highest BCUT2D eigenvalue weighted by molar-refractivity contribution is 9.10.